The van der Waals surface area contributed by atoms with Crippen LogP contribution in [-0.4, -0.2) is 20.7 Å². The lowest BCUT2D eigenvalue weighted by molar-refractivity contribution is 0.102. The van der Waals surface area contributed by atoms with Crippen molar-refractivity contribution in [2.24, 2.45) is 0 Å². The van der Waals surface area contributed by atoms with E-state index in [1.165, 1.54) is 0 Å². The lowest BCUT2D eigenvalue weighted by Gasteiger charge is -2.07. The molecule has 0 saturated heterocycles. The molecule has 19 heavy (non-hydrogen) atoms. The monoisotopic (exact) mass is 271 g/mol. The van der Waals surface area contributed by atoms with Crippen molar-refractivity contribution < 1.29 is 4.79 Å². The first-order valence-electron chi connectivity index (χ1n) is 5.49. The predicted octanol–water partition coefficient (Wildman–Crippen LogP) is 1.92. The zero-order chi connectivity index (χ0) is 13.2. The van der Waals surface area contributed by atoms with E-state index in [1.54, 1.807) is 12.1 Å². The Morgan fingerprint density at radius 1 is 1.21 bits per heavy atom. The van der Waals surface area contributed by atoms with Crippen molar-refractivity contribution in [2.45, 2.75) is 0 Å². The van der Waals surface area contributed by atoms with Gasteiger partial charge in [0.25, 0.3) is 5.91 Å². The lowest BCUT2D eigenvalue weighted by Crippen LogP contribution is -2.14. The molecule has 3 aromatic rings. The minimum absolute atomic E-state index is 0.318. The Morgan fingerprint density at radius 2 is 1.95 bits per heavy atom. The fourth-order valence-corrected chi connectivity index (χ4v) is 2.16. The summed E-state index contributed by atoms with van der Waals surface area (Å²) in [5.41, 5.74) is 6.74. The van der Waals surface area contributed by atoms with Crippen molar-refractivity contribution in [3.63, 3.8) is 0 Å². The fraction of sp³-hybridized carbons (Fsp3) is 0. The molecule has 0 aliphatic carbocycles. The van der Waals surface area contributed by atoms with Gasteiger partial charge in [0.15, 0.2) is 0 Å². The molecule has 3 N–H and O–H groups in total. The Balaban J connectivity index is 1.99. The third-order valence-electron chi connectivity index (χ3n) is 2.68. The average Bonchev–Trinajstić information content (AvgIpc) is 2.90. The summed E-state index contributed by atoms with van der Waals surface area (Å²) in [6.07, 6.45) is 0. The highest BCUT2D eigenvalue weighted by Crippen LogP contribution is 2.22. The van der Waals surface area contributed by atoms with Gasteiger partial charge in [0.05, 0.1) is 5.56 Å². The Hall–Kier alpha value is -2.54. The Labute approximate surface area is 112 Å². The molecule has 0 fully saturated rings. The maximum Gasteiger partial charge on any atom is 0.259 e. The standard InChI is InChI=1S/C12H9N5OS/c13-10-6-8-4-2-1-3-7(8)5-9(10)11(18)14-12-15-16-17-19-12/h1-6H,13H2,(H,14,15,17,18). The van der Waals surface area contributed by atoms with Gasteiger partial charge in [-0.15, -0.1) is 0 Å². The zero-order valence-corrected chi connectivity index (χ0v) is 10.5. The molecule has 6 nitrogen and oxygen atoms in total. The molecule has 0 aliphatic rings. The maximum absolute atomic E-state index is 12.1. The van der Waals surface area contributed by atoms with Crippen LogP contribution < -0.4 is 11.1 Å². The van der Waals surface area contributed by atoms with Gasteiger partial charge in [0, 0.05) is 17.2 Å². The summed E-state index contributed by atoms with van der Waals surface area (Å²) in [6.45, 7) is 0. The zero-order valence-electron chi connectivity index (χ0n) is 9.70. The molecule has 7 heteroatoms. The van der Waals surface area contributed by atoms with Crippen LogP contribution in [0.25, 0.3) is 10.8 Å². The summed E-state index contributed by atoms with van der Waals surface area (Å²) < 4.78 is 3.58. The number of hydrogen-bond acceptors (Lipinski definition) is 6. The quantitative estimate of drug-likeness (QED) is 0.694. The number of nitrogens with two attached hydrogens (primary N) is 1. The Bertz CT molecular complexity index is 741. The van der Waals surface area contributed by atoms with E-state index in [-0.39, 0.29) is 5.91 Å². The van der Waals surface area contributed by atoms with Crippen molar-refractivity contribution >= 4 is 39.0 Å². The molecule has 1 heterocycles. The number of hydrogen-bond donors (Lipinski definition) is 2. The van der Waals surface area contributed by atoms with Crippen LogP contribution in [0.15, 0.2) is 36.4 Å². The summed E-state index contributed by atoms with van der Waals surface area (Å²) in [5.74, 6) is -0.318. The second-order valence-corrected chi connectivity index (χ2v) is 4.64. The molecule has 3 rings (SSSR count). The Morgan fingerprint density at radius 3 is 2.63 bits per heavy atom. The van der Waals surface area contributed by atoms with Crippen molar-refractivity contribution in [1.29, 1.82) is 0 Å². The van der Waals surface area contributed by atoms with E-state index >= 15 is 0 Å². The van der Waals surface area contributed by atoms with E-state index in [9.17, 15) is 4.79 Å². The Kier molecular flexibility index (Phi) is 2.81. The second kappa shape index (κ2) is 4.62. The van der Waals surface area contributed by atoms with Gasteiger partial charge in [-0.25, -0.2) is 0 Å². The number of carbonyl (C=O) groups is 1. The molecule has 0 spiro atoms. The number of rotatable bonds is 2. The molecule has 0 bridgehead atoms. The first kappa shape index (κ1) is 11.5. The highest BCUT2D eigenvalue weighted by atomic mass is 32.1. The second-order valence-electron chi connectivity index (χ2n) is 3.91. The highest BCUT2D eigenvalue weighted by Gasteiger charge is 2.12. The van der Waals surface area contributed by atoms with Crippen LogP contribution >= 0.6 is 11.5 Å². The number of amides is 1. The fourth-order valence-electron chi connectivity index (χ4n) is 1.80. The van der Waals surface area contributed by atoms with Crippen LogP contribution in [0.4, 0.5) is 10.8 Å². The summed E-state index contributed by atoms with van der Waals surface area (Å²) in [6, 6.07) is 11.3. The molecule has 2 aromatic carbocycles. The van der Waals surface area contributed by atoms with Gasteiger partial charge in [-0.3, -0.25) is 10.1 Å². The van der Waals surface area contributed by atoms with Crippen LogP contribution in [0, 0.1) is 0 Å². The molecule has 0 atom stereocenters. The largest absolute Gasteiger partial charge is 0.398 e. The molecule has 94 valence electrons. The van der Waals surface area contributed by atoms with Crippen LogP contribution in [0.1, 0.15) is 10.4 Å². The summed E-state index contributed by atoms with van der Waals surface area (Å²) >= 11 is 1.01. The first-order chi connectivity index (χ1) is 9.24. The highest BCUT2D eigenvalue weighted by molar-refractivity contribution is 7.09. The van der Waals surface area contributed by atoms with Crippen molar-refractivity contribution in [3.05, 3.63) is 42.0 Å². The van der Waals surface area contributed by atoms with Crippen LogP contribution in [0.5, 0.6) is 0 Å². The molecule has 1 aromatic heterocycles. The third kappa shape index (κ3) is 2.23. The van der Waals surface area contributed by atoms with Gasteiger partial charge in [0.1, 0.15) is 0 Å². The lowest BCUT2D eigenvalue weighted by atomic mass is 10.0. The van der Waals surface area contributed by atoms with E-state index < -0.39 is 0 Å². The average molecular weight is 271 g/mol. The van der Waals surface area contributed by atoms with E-state index in [2.05, 4.69) is 20.1 Å². The molecule has 0 unspecified atom stereocenters. The van der Waals surface area contributed by atoms with Crippen molar-refractivity contribution in [2.75, 3.05) is 11.1 Å². The van der Waals surface area contributed by atoms with Gasteiger partial charge in [0.2, 0.25) is 5.13 Å². The molecule has 0 saturated carbocycles. The van der Waals surface area contributed by atoms with Gasteiger partial charge < -0.3 is 5.73 Å². The number of anilines is 2. The summed E-state index contributed by atoms with van der Waals surface area (Å²) in [7, 11) is 0. The summed E-state index contributed by atoms with van der Waals surface area (Å²) in [4.78, 5) is 12.1. The van der Waals surface area contributed by atoms with Gasteiger partial charge in [-0.05, 0) is 28.1 Å². The number of benzene rings is 2. The minimum Gasteiger partial charge on any atom is -0.398 e. The number of fused-ring (bicyclic) bond motifs is 1. The van der Waals surface area contributed by atoms with Crippen LogP contribution in [0.3, 0.4) is 0 Å². The van der Waals surface area contributed by atoms with Crippen molar-refractivity contribution in [3.8, 4) is 0 Å². The van der Waals surface area contributed by atoms with Gasteiger partial charge in [-0.2, -0.15) is 0 Å². The predicted molar refractivity (Wildman–Crippen MR) is 74.0 cm³/mol. The van der Waals surface area contributed by atoms with Crippen LogP contribution in [-0.2, 0) is 0 Å². The van der Waals surface area contributed by atoms with Crippen molar-refractivity contribution in [1.82, 2.24) is 14.8 Å². The number of nitrogens with one attached hydrogen (secondary N) is 1. The number of carbonyl (C=O) groups excluding carboxylic acids is 1. The molecule has 0 aliphatic heterocycles. The van der Waals surface area contributed by atoms with Crippen LogP contribution in [0.2, 0.25) is 0 Å². The maximum atomic E-state index is 12.1. The molecule has 0 radical (unpaired) electrons. The van der Waals surface area contributed by atoms with E-state index in [0.29, 0.717) is 16.4 Å². The third-order valence-corrected chi connectivity index (χ3v) is 3.19. The SMILES string of the molecule is Nc1cc2ccccc2cc1C(=O)Nc1nnns1. The number of nitrogens with zero attached hydrogens (tertiary/aromatic N) is 3. The summed E-state index contributed by atoms with van der Waals surface area (Å²) in [5, 5.41) is 12.0. The van der Waals surface area contributed by atoms with Gasteiger partial charge >= 0.3 is 0 Å². The number of nitrogen functional groups attached to an aromatic ring is 1. The number of aromatic nitrogens is 3. The molecular weight excluding hydrogens is 262 g/mol. The normalized spacial score (nSPS) is 10.5. The smallest absolute Gasteiger partial charge is 0.259 e. The van der Waals surface area contributed by atoms with Gasteiger partial charge in [-0.1, -0.05) is 33.9 Å². The molecular formula is C12H9N5OS. The van der Waals surface area contributed by atoms with E-state index in [0.717, 1.165) is 22.3 Å². The molecule has 1 amide bonds. The van der Waals surface area contributed by atoms with E-state index in [1.807, 2.05) is 24.3 Å². The first-order valence-corrected chi connectivity index (χ1v) is 6.26. The van der Waals surface area contributed by atoms with E-state index in [4.69, 9.17) is 5.73 Å². The minimum atomic E-state index is -0.318. The topological polar surface area (TPSA) is 93.8 Å².